The molecule has 0 heterocycles. The molecule has 0 spiro atoms. The number of esters is 1. The van der Waals surface area contributed by atoms with E-state index in [4.69, 9.17) is 8.92 Å². The van der Waals surface area contributed by atoms with E-state index in [1.165, 1.54) is 25.7 Å². The molecule has 0 radical (unpaired) electrons. The maximum Gasteiger partial charge on any atom is 1.00 e. The van der Waals surface area contributed by atoms with Crippen LogP contribution in [0, 0.1) is 5.92 Å². The smallest absolute Gasteiger partial charge is 0.726 e. The number of carbonyl (C=O) groups excluding carboxylic acids is 1. The van der Waals surface area contributed by atoms with Crippen molar-refractivity contribution in [2.45, 2.75) is 123 Å². The molecule has 0 N–H and O–H groups in total. The minimum absolute atomic E-state index is 0. The molecule has 0 aromatic carbocycles. The van der Waals surface area contributed by atoms with Crippen molar-refractivity contribution in [2.75, 3.05) is 6.61 Å². The van der Waals surface area contributed by atoms with Gasteiger partial charge >= 0.3 is 35.5 Å². The average molecular weight is 459 g/mol. The summed E-state index contributed by atoms with van der Waals surface area (Å²) in [6, 6.07) is 0. The number of rotatable bonds is 20. The zero-order valence-electron chi connectivity index (χ0n) is 19.8. The van der Waals surface area contributed by atoms with Crippen LogP contribution in [0.15, 0.2) is 0 Å². The third-order valence-corrected chi connectivity index (χ3v) is 5.38. The Labute approximate surface area is 207 Å². The van der Waals surface area contributed by atoms with E-state index in [0.717, 1.165) is 51.4 Å². The standard InChI is InChI=1S/C22H44O6S.Na/c1-4-5-6-7-8-10-13-16-21(28-29(24,25)26)17-14-11-9-12-15-18-22(23)27-19-20(2)3;/h20-21H,4-19H2,1-3H3,(H,24,25,26);/q;+1/p-1. The van der Waals surface area contributed by atoms with Crippen molar-refractivity contribution < 1.29 is 56.2 Å². The Bertz CT molecular complexity index is 496. The second kappa shape index (κ2) is 21.2. The summed E-state index contributed by atoms with van der Waals surface area (Å²) >= 11 is 0. The maximum absolute atomic E-state index is 11.5. The molecule has 0 rings (SSSR count). The zero-order chi connectivity index (χ0) is 22.0. The van der Waals surface area contributed by atoms with Crippen LogP contribution in [0.25, 0.3) is 0 Å². The van der Waals surface area contributed by atoms with Crippen LogP contribution in [0.4, 0.5) is 0 Å². The molecule has 0 amide bonds. The summed E-state index contributed by atoms with van der Waals surface area (Å²) in [6.45, 7) is 6.68. The quantitative estimate of drug-likeness (QED) is 0.0916. The molecule has 0 aliphatic carbocycles. The fourth-order valence-corrected chi connectivity index (χ4v) is 3.77. The van der Waals surface area contributed by atoms with E-state index in [2.05, 4.69) is 6.92 Å². The minimum Gasteiger partial charge on any atom is -0.726 e. The van der Waals surface area contributed by atoms with Gasteiger partial charge in [-0.3, -0.25) is 8.98 Å². The first-order valence-corrected chi connectivity index (χ1v) is 12.9. The molecule has 0 aliphatic rings. The van der Waals surface area contributed by atoms with Gasteiger partial charge in [-0.2, -0.15) is 0 Å². The van der Waals surface area contributed by atoms with Gasteiger partial charge in [0.05, 0.1) is 12.7 Å². The van der Waals surface area contributed by atoms with Crippen molar-refractivity contribution in [2.24, 2.45) is 5.92 Å². The molecule has 0 fully saturated rings. The molecule has 8 heteroatoms. The monoisotopic (exact) mass is 458 g/mol. The third kappa shape index (κ3) is 24.6. The molecule has 1 atom stereocenters. The molecule has 0 saturated carbocycles. The number of hydrogen-bond acceptors (Lipinski definition) is 6. The van der Waals surface area contributed by atoms with Crippen LogP contribution in [-0.2, 0) is 24.1 Å². The second-order valence-electron chi connectivity index (χ2n) is 8.42. The van der Waals surface area contributed by atoms with E-state index in [1.807, 2.05) is 13.8 Å². The summed E-state index contributed by atoms with van der Waals surface area (Å²) in [5.74, 6) is 0.218. The van der Waals surface area contributed by atoms with E-state index in [-0.39, 0.29) is 35.5 Å². The van der Waals surface area contributed by atoms with Crippen LogP contribution >= 0.6 is 0 Å². The van der Waals surface area contributed by atoms with Crippen LogP contribution in [0.2, 0.25) is 0 Å². The molecule has 0 aliphatic heterocycles. The molecule has 0 saturated heterocycles. The molecule has 6 nitrogen and oxygen atoms in total. The van der Waals surface area contributed by atoms with Crippen molar-refractivity contribution in [1.82, 2.24) is 0 Å². The number of carbonyl (C=O) groups is 1. The Kier molecular flexibility index (Phi) is 23.0. The average Bonchev–Trinajstić information content (AvgIpc) is 2.63. The second-order valence-corrected chi connectivity index (χ2v) is 9.43. The zero-order valence-corrected chi connectivity index (χ0v) is 22.6. The first-order chi connectivity index (χ1) is 13.7. The van der Waals surface area contributed by atoms with Crippen LogP contribution in [-0.4, -0.2) is 31.7 Å². The molecule has 0 aromatic rings. The van der Waals surface area contributed by atoms with Gasteiger partial charge in [0, 0.05) is 6.42 Å². The largest absolute Gasteiger partial charge is 1.00 e. The van der Waals surface area contributed by atoms with Gasteiger partial charge in [0.15, 0.2) is 0 Å². The molecule has 30 heavy (non-hydrogen) atoms. The molecular weight excluding hydrogens is 415 g/mol. The first-order valence-electron chi connectivity index (χ1n) is 11.5. The SMILES string of the molecule is CCCCCCCCCC(CCCCCCCC(=O)OCC(C)C)OS(=O)(=O)[O-].[Na+]. The summed E-state index contributed by atoms with van der Waals surface area (Å²) in [7, 11) is -4.65. The van der Waals surface area contributed by atoms with Crippen LogP contribution in [0.3, 0.4) is 0 Å². The Morgan fingerprint density at radius 2 is 1.30 bits per heavy atom. The Morgan fingerprint density at radius 3 is 1.77 bits per heavy atom. The summed E-state index contributed by atoms with van der Waals surface area (Å²) in [4.78, 5) is 11.5. The molecule has 1 unspecified atom stereocenters. The summed E-state index contributed by atoms with van der Waals surface area (Å²) in [6.07, 6.45) is 13.7. The number of ether oxygens (including phenoxy) is 1. The summed E-state index contributed by atoms with van der Waals surface area (Å²) < 4.78 is 42.8. The van der Waals surface area contributed by atoms with E-state index in [0.29, 0.717) is 31.8 Å². The molecular formula is C22H43NaO6S. The van der Waals surface area contributed by atoms with Gasteiger partial charge in [-0.25, -0.2) is 8.42 Å². The van der Waals surface area contributed by atoms with Crippen molar-refractivity contribution >= 4 is 16.4 Å². The van der Waals surface area contributed by atoms with E-state index in [9.17, 15) is 17.8 Å². The third-order valence-electron chi connectivity index (χ3n) is 4.87. The predicted octanol–water partition coefficient (Wildman–Crippen LogP) is 2.91. The first kappa shape index (κ1) is 32.5. The summed E-state index contributed by atoms with van der Waals surface area (Å²) in [5, 5.41) is 0. The van der Waals surface area contributed by atoms with Crippen LogP contribution in [0.5, 0.6) is 0 Å². The predicted molar refractivity (Wildman–Crippen MR) is 115 cm³/mol. The minimum atomic E-state index is -4.65. The number of unbranched alkanes of at least 4 members (excludes halogenated alkanes) is 10. The fourth-order valence-electron chi connectivity index (χ4n) is 3.24. The topological polar surface area (TPSA) is 92.7 Å². The van der Waals surface area contributed by atoms with Gasteiger partial charge in [-0.1, -0.05) is 91.4 Å². The normalized spacial score (nSPS) is 12.6. The summed E-state index contributed by atoms with van der Waals surface area (Å²) in [5.41, 5.74) is 0. The Balaban J connectivity index is 0. The Morgan fingerprint density at radius 1 is 0.833 bits per heavy atom. The van der Waals surface area contributed by atoms with Crippen LogP contribution in [0.1, 0.15) is 117 Å². The van der Waals surface area contributed by atoms with Crippen molar-refractivity contribution in [1.29, 1.82) is 0 Å². The van der Waals surface area contributed by atoms with Crippen molar-refractivity contribution in [3.8, 4) is 0 Å². The van der Waals surface area contributed by atoms with E-state index >= 15 is 0 Å². The molecule has 0 bridgehead atoms. The van der Waals surface area contributed by atoms with Crippen LogP contribution < -0.4 is 29.6 Å². The van der Waals surface area contributed by atoms with E-state index < -0.39 is 16.5 Å². The molecule has 174 valence electrons. The van der Waals surface area contributed by atoms with E-state index in [1.54, 1.807) is 0 Å². The Hall–Kier alpha value is 0.340. The van der Waals surface area contributed by atoms with Gasteiger partial charge in [0.1, 0.15) is 0 Å². The van der Waals surface area contributed by atoms with Gasteiger partial charge in [-0.05, 0) is 25.2 Å². The fraction of sp³-hybridized carbons (Fsp3) is 0.955. The van der Waals surface area contributed by atoms with Gasteiger partial charge in [-0.15, -0.1) is 0 Å². The number of hydrogen-bond donors (Lipinski definition) is 0. The van der Waals surface area contributed by atoms with Gasteiger partial charge in [0.25, 0.3) is 0 Å². The molecule has 0 aromatic heterocycles. The van der Waals surface area contributed by atoms with Gasteiger partial charge < -0.3 is 9.29 Å². The maximum atomic E-state index is 11.5. The van der Waals surface area contributed by atoms with Crippen molar-refractivity contribution in [3.63, 3.8) is 0 Å². The van der Waals surface area contributed by atoms with Crippen molar-refractivity contribution in [3.05, 3.63) is 0 Å². The van der Waals surface area contributed by atoms with Gasteiger partial charge in [0.2, 0.25) is 10.4 Å².